The number of rotatable bonds is 11. The number of aliphatic hydroxyl groups is 1. The number of halogens is 2. The van der Waals surface area contributed by atoms with Crippen molar-refractivity contribution < 1.29 is 32.9 Å². The zero-order chi connectivity index (χ0) is 23.4. The van der Waals surface area contributed by atoms with Gasteiger partial charge >= 0.3 is 0 Å². The molecule has 1 saturated carbocycles. The number of alkyl halides is 2. The Balaban J connectivity index is 1.76. The van der Waals surface area contributed by atoms with Gasteiger partial charge in [0.05, 0.1) is 24.2 Å². The van der Waals surface area contributed by atoms with Gasteiger partial charge in [0.2, 0.25) is 11.8 Å². The third-order valence-corrected chi connectivity index (χ3v) is 6.36. The molecule has 2 heterocycles. The Hall–Kier alpha value is -1.84. The Morgan fingerprint density at radius 3 is 2.66 bits per heavy atom. The first kappa shape index (κ1) is 24.8. The highest BCUT2D eigenvalue weighted by Gasteiger charge is 2.60. The van der Waals surface area contributed by atoms with Gasteiger partial charge in [-0.05, 0) is 31.2 Å². The van der Waals surface area contributed by atoms with Gasteiger partial charge in [0.1, 0.15) is 19.3 Å². The number of ether oxygens (including phenoxy) is 3. The maximum Gasteiger partial charge on any atom is 0.248 e. The zero-order valence-electron chi connectivity index (χ0n) is 19.1. The van der Waals surface area contributed by atoms with E-state index in [-0.39, 0.29) is 51.0 Å². The topological polar surface area (TPSA) is 81.1 Å². The molecule has 1 saturated heterocycles. The molecule has 0 radical (unpaired) electrons. The lowest BCUT2D eigenvalue weighted by atomic mass is 9.65. The van der Waals surface area contributed by atoms with Crippen molar-refractivity contribution in [1.82, 2.24) is 9.88 Å². The number of aromatic nitrogens is 1. The second-order valence-corrected chi connectivity index (χ2v) is 9.31. The summed E-state index contributed by atoms with van der Waals surface area (Å²) in [5.41, 5.74) is -0.200. The number of nitrogens with zero attached hydrogens (tertiary/aromatic N) is 2. The normalized spacial score (nSPS) is 25.8. The Bertz CT molecular complexity index is 769. The Labute approximate surface area is 188 Å². The smallest absolute Gasteiger partial charge is 0.248 e. The fourth-order valence-corrected chi connectivity index (χ4v) is 4.75. The van der Waals surface area contributed by atoms with Crippen LogP contribution in [0.1, 0.15) is 51.6 Å². The van der Waals surface area contributed by atoms with Gasteiger partial charge in [-0.1, -0.05) is 13.8 Å². The van der Waals surface area contributed by atoms with Crippen LogP contribution in [0.4, 0.5) is 8.78 Å². The zero-order valence-corrected chi connectivity index (χ0v) is 19.1. The van der Waals surface area contributed by atoms with Crippen LogP contribution in [0, 0.1) is 11.3 Å². The average Bonchev–Trinajstić information content (AvgIpc) is 2.74. The van der Waals surface area contributed by atoms with Crippen LogP contribution < -0.4 is 4.74 Å². The van der Waals surface area contributed by atoms with Crippen molar-refractivity contribution in [3.05, 3.63) is 24.0 Å². The van der Waals surface area contributed by atoms with E-state index in [0.29, 0.717) is 36.6 Å². The van der Waals surface area contributed by atoms with E-state index in [1.807, 2.05) is 0 Å². The molecule has 0 aromatic carbocycles. The van der Waals surface area contributed by atoms with Gasteiger partial charge in [0.15, 0.2) is 0 Å². The van der Waals surface area contributed by atoms with E-state index < -0.39 is 11.3 Å². The number of carbonyl (C=O) groups is 1. The number of hydrogen-bond donors (Lipinski definition) is 1. The van der Waals surface area contributed by atoms with Crippen LogP contribution in [0.2, 0.25) is 0 Å². The number of amides is 1. The number of β-lactam (4-membered cyclic amide) rings is 1. The largest absolute Gasteiger partial charge is 0.490 e. The highest BCUT2D eigenvalue weighted by atomic mass is 19.3. The van der Waals surface area contributed by atoms with Gasteiger partial charge in [-0.25, -0.2) is 8.78 Å². The first-order chi connectivity index (χ1) is 15.2. The molecule has 2 aliphatic rings. The number of methoxy groups -OCH3 is 1. The molecular weight excluding hydrogens is 422 g/mol. The first-order valence-electron chi connectivity index (χ1n) is 11.2. The van der Waals surface area contributed by atoms with E-state index in [9.17, 15) is 18.7 Å². The van der Waals surface area contributed by atoms with E-state index in [2.05, 4.69) is 18.8 Å². The molecule has 32 heavy (non-hydrogen) atoms. The predicted octanol–water partition coefficient (Wildman–Crippen LogP) is 3.39. The molecule has 1 aliphatic carbocycles. The van der Waals surface area contributed by atoms with Crippen LogP contribution in [0.15, 0.2) is 18.3 Å². The molecule has 1 aromatic rings. The van der Waals surface area contributed by atoms with Crippen molar-refractivity contribution in [1.29, 1.82) is 0 Å². The molecule has 7 nitrogen and oxygen atoms in total. The molecule has 1 aliphatic heterocycles. The summed E-state index contributed by atoms with van der Waals surface area (Å²) in [6.07, 6.45) is 2.66. The third kappa shape index (κ3) is 5.55. The lowest BCUT2D eigenvalue weighted by Gasteiger charge is -2.55. The fourth-order valence-electron chi connectivity index (χ4n) is 4.75. The van der Waals surface area contributed by atoms with Crippen molar-refractivity contribution in [3.8, 4) is 5.75 Å². The fraction of sp³-hybridized carbons (Fsp3) is 0.739. The van der Waals surface area contributed by atoms with Crippen molar-refractivity contribution in [3.63, 3.8) is 0 Å². The van der Waals surface area contributed by atoms with Crippen LogP contribution in [0.25, 0.3) is 0 Å². The van der Waals surface area contributed by atoms with Crippen LogP contribution in [-0.2, 0) is 20.7 Å². The minimum atomic E-state index is -2.60. The molecule has 0 spiro atoms. The SMILES string of the molecule is COCOCC1(Cc2cc(OC3CCC(F)(F)CC3)ccn2)C(=O)N(CO)[C@H]1CC(C)C. The van der Waals surface area contributed by atoms with Crippen molar-refractivity contribution in [2.45, 2.75) is 70.4 Å². The molecular formula is C23H34F2N2O5. The van der Waals surface area contributed by atoms with Gasteiger partial charge in [-0.3, -0.25) is 9.78 Å². The lowest BCUT2D eigenvalue weighted by Crippen LogP contribution is -2.72. The summed E-state index contributed by atoms with van der Waals surface area (Å²) in [4.78, 5) is 19.0. The molecule has 1 amide bonds. The minimum absolute atomic E-state index is 0.0610. The molecule has 1 unspecified atom stereocenters. The molecule has 2 atom stereocenters. The van der Waals surface area contributed by atoms with E-state index in [1.165, 1.54) is 12.0 Å². The second-order valence-electron chi connectivity index (χ2n) is 9.31. The number of carbonyl (C=O) groups excluding carboxylic acids is 1. The van der Waals surface area contributed by atoms with Crippen LogP contribution in [0.5, 0.6) is 5.75 Å². The van der Waals surface area contributed by atoms with Crippen molar-refractivity contribution >= 4 is 5.91 Å². The Morgan fingerprint density at radius 2 is 2.03 bits per heavy atom. The third-order valence-electron chi connectivity index (χ3n) is 6.36. The number of aliphatic hydroxyl groups excluding tert-OH is 1. The monoisotopic (exact) mass is 456 g/mol. The van der Waals surface area contributed by atoms with Gasteiger partial charge in [-0.2, -0.15) is 0 Å². The standard InChI is InChI=1S/C23H34F2N2O5/c1-16(2)10-20-22(13-31-15-30-3,21(29)27(20)14-28)12-17-11-19(6-9-26-17)32-18-4-7-23(24,25)8-5-18/h6,9,11,16,18,20,28H,4-5,7-8,10,12-15H2,1-3H3/t20-,22?/m0/s1. The number of hydrogen-bond acceptors (Lipinski definition) is 6. The number of likely N-dealkylation sites (tertiary alicyclic amines) is 1. The highest BCUT2D eigenvalue weighted by Crippen LogP contribution is 2.45. The minimum Gasteiger partial charge on any atom is -0.490 e. The average molecular weight is 457 g/mol. The molecule has 2 fully saturated rings. The summed E-state index contributed by atoms with van der Waals surface area (Å²) in [5.74, 6) is -1.91. The Morgan fingerprint density at radius 1 is 1.31 bits per heavy atom. The quantitative estimate of drug-likeness (QED) is 0.312. The van der Waals surface area contributed by atoms with Crippen LogP contribution in [0.3, 0.4) is 0 Å². The lowest BCUT2D eigenvalue weighted by molar-refractivity contribution is -0.196. The maximum atomic E-state index is 13.4. The van der Waals surface area contributed by atoms with Crippen LogP contribution in [-0.4, -0.2) is 66.2 Å². The summed E-state index contributed by atoms with van der Waals surface area (Å²) < 4.78 is 43.4. The molecule has 3 rings (SSSR count). The van der Waals surface area contributed by atoms with Crippen molar-refractivity contribution in [2.24, 2.45) is 11.3 Å². The summed E-state index contributed by atoms with van der Waals surface area (Å²) >= 11 is 0. The van der Waals surface area contributed by atoms with E-state index in [1.54, 1.807) is 18.3 Å². The maximum absolute atomic E-state index is 13.4. The van der Waals surface area contributed by atoms with Gasteiger partial charge in [0, 0.05) is 44.3 Å². The van der Waals surface area contributed by atoms with Gasteiger partial charge in [-0.15, -0.1) is 0 Å². The molecule has 0 bridgehead atoms. The van der Waals surface area contributed by atoms with E-state index in [0.717, 1.165) is 6.42 Å². The molecule has 1 aromatic heterocycles. The van der Waals surface area contributed by atoms with E-state index >= 15 is 0 Å². The van der Waals surface area contributed by atoms with Gasteiger partial charge in [0.25, 0.3) is 0 Å². The molecule has 9 heteroatoms. The molecule has 180 valence electrons. The predicted molar refractivity (Wildman–Crippen MR) is 113 cm³/mol. The second kappa shape index (κ2) is 10.4. The number of pyridine rings is 1. The Kier molecular flexibility index (Phi) is 8.06. The molecule has 1 N–H and O–H groups in total. The first-order valence-corrected chi connectivity index (χ1v) is 11.2. The van der Waals surface area contributed by atoms with E-state index in [4.69, 9.17) is 14.2 Å². The summed E-state index contributed by atoms with van der Waals surface area (Å²) in [7, 11) is 1.52. The summed E-state index contributed by atoms with van der Waals surface area (Å²) in [6.45, 7) is 4.01. The van der Waals surface area contributed by atoms with Crippen molar-refractivity contribution in [2.75, 3.05) is 27.2 Å². The van der Waals surface area contributed by atoms with Gasteiger partial charge < -0.3 is 24.2 Å². The summed E-state index contributed by atoms with van der Waals surface area (Å²) in [6, 6.07) is 3.29. The highest BCUT2D eigenvalue weighted by molar-refractivity contribution is 5.90. The summed E-state index contributed by atoms with van der Waals surface area (Å²) in [5, 5.41) is 9.72. The van der Waals surface area contributed by atoms with Crippen LogP contribution >= 0.6 is 0 Å².